The molecule has 2 aromatic rings. The van der Waals surface area contributed by atoms with Gasteiger partial charge in [0.15, 0.2) is 0 Å². The summed E-state index contributed by atoms with van der Waals surface area (Å²) in [5.74, 6) is 0.911. The maximum Gasteiger partial charge on any atom is 0.0483 e. The topological polar surface area (TPSA) is 30.9 Å². The maximum absolute atomic E-state index is 5.93. The van der Waals surface area contributed by atoms with E-state index in [1.807, 2.05) is 0 Å². The third-order valence-corrected chi connectivity index (χ3v) is 3.56. The number of hydrogen-bond acceptors (Lipinski definition) is 1. The smallest absolute Gasteiger partial charge is 0.0483 e. The molecule has 0 bridgehead atoms. The Bertz CT molecular complexity index is 483. The highest BCUT2D eigenvalue weighted by atomic mass is 15.0. The van der Waals surface area contributed by atoms with Gasteiger partial charge in [0.05, 0.1) is 0 Å². The molecular weight excluding hydrogens is 208 g/mol. The van der Waals surface area contributed by atoms with Crippen molar-refractivity contribution in [1.82, 2.24) is 4.57 Å². The molecule has 0 amide bonds. The van der Waals surface area contributed by atoms with Crippen LogP contribution in [-0.4, -0.2) is 10.6 Å². The van der Waals surface area contributed by atoms with E-state index in [0.717, 1.165) is 12.3 Å². The van der Waals surface area contributed by atoms with Crippen LogP contribution in [0.5, 0.6) is 0 Å². The lowest BCUT2D eigenvalue weighted by Crippen LogP contribution is -2.17. The largest absolute Gasteiger partial charge is 0.347 e. The molecule has 90 valence electrons. The summed E-state index contributed by atoms with van der Waals surface area (Å²) in [6.07, 6.45) is 6.08. The second kappa shape index (κ2) is 4.19. The van der Waals surface area contributed by atoms with Crippen LogP contribution in [0.25, 0.3) is 10.9 Å². The molecule has 0 aliphatic heterocycles. The normalized spacial score (nSPS) is 17.5. The van der Waals surface area contributed by atoms with Gasteiger partial charge in [-0.05, 0) is 43.7 Å². The molecular formula is C15H20N2. The zero-order chi connectivity index (χ0) is 11.8. The van der Waals surface area contributed by atoms with Gasteiger partial charge >= 0.3 is 0 Å². The number of hydrogen-bond donors (Lipinski definition) is 1. The molecule has 2 N–H and O–H groups in total. The van der Waals surface area contributed by atoms with E-state index in [1.54, 1.807) is 0 Å². The number of rotatable bonds is 4. The first-order chi connectivity index (χ1) is 8.24. The lowest BCUT2D eigenvalue weighted by atomic mass is 10.1. The van der Waals surface area contributed by atoms with Crippen LogP contribution in [0, 0.1) is 5.92 Å². The number of nitrogens with two attached hydrogens (primary N) is 1. The number of para-hydroxylation sites is 1. The second-order valence-corrected chi connectivity index (χ2v) is 5.45. The Morgan fingerprint density at radius 2 is 2.12 bits per heavy atom. The number of nitrogens with zero attached hydrogens (tertiary/aromatic N) is 1. The van der Waals surface area contributed by atoms with Crippen LogP contribution in [0.1, 0.15) is 25.3 Å². The van der Waals surface area contributed by atoms with Crippen LogP contribution in [0.15, 0.2) is 30.5 Å². The van der Waals surface area contributed by atoms with Crippen molar-refractivity contribution >= 4 is 10.9 Å². The zero-order valence-corrected chi connectivity index (χ0v) is 10.4. The predicted molar refractivity (Wildman–Crippen MR) is 72.0 cm³/mol. The second-order valence-electron chi connectivity index (χ2n) is 5.45. The average Bonchev–Trinajstić information content (AvgIpc) is 3.04. The van der Waals surface area contributed by atoms with Gasteiger partial charge in [-0.1, -0.05) is 18.2 Å². The highest BCUT2D eigenvalue weighted by Crippen LogP contribution is 2.33. The standard InChI is InChI=1S/C15H20N2/c1-11(16)8-13-10-17(9-12-6-7-12)15-5-3-2-4-14(13)15/h2-5,10-12H,6-9,16H2,1H3/t11-/m1/s1. The highest BCUT2D eigenvalue weighted by molar-refractivity contribution is 5.84. The van der Waals surface area contributed by atoms with Gasteiger partial charge in [-0.25, -0.2) is 0 Å². The Morgan fingerprint density at radius 1 is 1.35 bits per heavy atom. The van der Waals surface area contributed by atoms with Gasteiger partial charge < -0.3 is 10.3 Å². The summed E-state index contributed by atoms with van der Waals surface area (Å²) in [5, 5.41) is 1.38. The lowest BCUT2D eigenvalue weighted by Gasteiger charge is -2.02. The fraction of sp³-hybridized carbons (Fsp3) is 0.467. The molecule has 0 unspecified atom stereocenters. The molecule has 2 nitrogen and oxygen atoms in total. The molecule has 1 aliphatic carbocycles. The maximum atomic E-state index is 5.93. The Morgan fingerprint density at radius 3 is 2.82 bits per heavy atom. The van der Waals surface area contributed by atoms with E-state index < -0.39 is 0 Å². The van der Waals surface area contributed by atoms with Crippen LogP contribution < -0.4 is 5.73 Å². The molecule has 1 aliphatic rings. The van der Waals surface area contributed by atoms with Crippen molar-refractivity contribution in [1.29, 1.82) is 0 Å². The number of aromatic nitrogens is 1. The average molecular weight is 228 g/mol. The van der Waals surface area contributed by atoms with Gasteiger partial charge in [0.2, 0.25) is 0 Å². The van der Waals surface area contributed by atoms with Crippen LogP contribution >= 0.6 is 0 Å². The summed E-state index contributed by atoms with van der Waals surface area (Å²) in [7, 11) is 0. The Hall–Kier alpha value is -1.28. The monoisotopic (exact) mass is 228 g/mol. The predicted octanol–water partition coefficient (Wildman–Crippen LogP) is 2.94. The minimum Gasteiger partial charge on any atom is -0.347 e. The molecule has 3 rings (SSSR count). The van der Waals surface area contributed by atoms with E-state index in [2.05, 4.69) is 42.0 Å². The SMILES string of the molecule is C[C@@H](N)Cc1cn(CC2CC2)c2ccccc12. The van der Waals surface area contributed by atoms with Gasteiger partial charge in [-0.15, -0.1) is 0 Å². The first-order valence-corrected chi connectivity index (χ1v) is 6.56. The van der Waals surface area contributed by atoms with Crippen molar-refractivity contribution in [3.8, 4) is 0 Å². The van der Waals surface area contributed by atoms with Crippen molar-refractivity contribution < 1.29 is 0 Å². The van der Waals surface area contributed by atoms with Gasteiger partial charge in [0.1, 0.15) is 0 Å². The molecule has 17 heavy (non-hydrogen) atoms. The zero-order valence-electron chi connectivity index (χ0n) is 10.4. The van der Waals surface area contributed by atoms with Crippen LogP contribution in [0.3, 0.4) is 0 Å². The fourth-order valence-electron chi connectivity index (χ4n) is 2.56. The van der Waals surface area contributed by atoms with Crippen molar-refractivity contribution in [2.45, 2.75) is 38.8 Å². The third-order valence-electron chi connectivity index (χ3n) is 3.56. The molecule has 1 aromatic heterocycles. The Labute approximate surface area is 102 Å². The molecule has 0 radical (unpaired) electrons. The van der Waals surface area contributed by atoms with Gasteiger partial charge in [0, 0.05) is 29.7 Å². The third kappa shape index (κ3) is 2.22. The van der Waals surface area contributed by atoms with Crippen molar-refractivity contribution in [2.24, 2.45) is 11.7 Å². The molecule has 1 fully saturated rings. The van der Waals surface area contributed by atoms with Crippen LogP contribution in [0.2, 0.25) is 0 Å². The summed E-state index contributed by atoms with van der Waals surface area (Å²) in [5.41, 5.74) is 8.70. The molecule has 1 atom stereocenters. The van der Waals surface area contributed by atoms with Gasteiger partial charge in [-0.2, -0.15) is 0 Å². The summed E-state index contributed by atoms with van der Waals surface area (Å²) in [6, 6.07) is 8.92. The fourth-order valence-corrected chi connectivity index (χ4v) is 2.56. The van der Waals surface area contributed by atoms with E-state index in [0.29, 0.717) is 0 Å². The first kappa shape index (κ1) is 10.8. The minimum atomic E-state index is 0.232. The molecule has 1 aromatic carbocycles. The Balaban J connectivity index is 2.02. The quantitative estimate of drug-likeness (QED) is 0.857. The van der Waals surface area contributed by atoms with Crippen LogP contribution in [0.4, 0.5) is 0 Å². The summed E-state index contributed by atoms with van der Waals surface area (Å²) in [4.78, 5) is 0. The minimum absolute atomic E-state index is 0.232. The van der Waals surface area contributed by atoms with E-state index in [4.69, 9.17) is 5.73 Å². The van der Waals surface area contributed by atoms with E-state index in [9.17, 15) is 0 Å². The summed E-state index contributed by atoms with van der Waals surface area (Å²) in [6.45, 7) is 3.26. The summed E-state index contributed by atoms with van der Waals surface area (Å²) >= 11 is 0. The van der Waals surface area contributed by atoms with Crippen molar-refractivity contribution in [3.05, 3.63) is 36.0 Å². The number of benzene rings is 1. The number of fused-ring (bicyclic) bond motifs is 1. The molecule has 1 heterocycles. The van der Waals surface area contributed by atoms with Gasteiger partial charge in [0.25, 0.3) is 0 Å². The first-order valence-electron chi connectivity index (χ1n) is 6.56. The van der Waals surface area contributed by atoms with E-state index in [1.165, 1.54) is 35.9 Å². The molecule has 2 heteroatoms. The Kier molecular flexibility index (Phi) is 2.67. The molecule has 0 saturated heterocycles. The van der Waals surface area contributed by atoms with Crippen molar-refractivity contribution in [2.75, 3.05) is 0 Å². The van der Waals surface area contributed by atoms with E-state index >= 15 is 0 Å². The van der Waals surface area contributed by atoms with Crippen LogP contribution in [-0.2, 0) is 13.0 Å². The molecule has 1 saturated carbocycles. The summed E-state index contributed by atoms with van der Waals surface area (Å²) < 4.78 is 2.42. The lowest BCUT2D eigenvalue weighted by molar-refractivity contribution is 0.642. The van der Waals surface area contributed by atoms with Gasteiger partial charge in [-0.3, -0.25) is 0 Å². The molecule has 0 spiro atoms. The van der Waals surface area contributed by atoms with Crippen molar-refractivity contribution in [3.63, 3.8) is 0 Å². The van der Waals surface area contributed by atoms with E-state index in [-0.39, 0.29) is 6.04 Å². The highest BCUT2D eigenvalue weighted by Gasteiger charge is 2.22.